The van der Waals surface area contributed by atoms with Gasteiger partial charge in [0, 0.05) is 19.6 Å². The lowest BCUT2D eigenvalue weighted by molar-refractivity contribution is -0.157. The minimum absolute atomic E-state index is 0.0644. The Bertz CT molecular complexity index is 373. The van der Waals surface area contributed by atoms with E-state index in [2.05, 4.69) is 0 Å². The van der Waals surface area contributed by atoms with E-state index in [4.69, 9.17) is 14.6 Å². The van der Waals surface area contributed by atoms with Crippen molar-refractivity contribution in [2.75, 3.05) is 26.9 Å². The summed E-state index contributed by atoms with van der Waals surface area (Å²) in [6, 6.07) is -0.0644. The molecule has 2 rings (SSSR count). The molecule has 0 radical (unpaired) electrons. The molecule has 0 aromatic rings. The first-order chi connectivity index (χ1) is 9.56. The number of carboxylic acids is 1. The normalized spacial score (nSPS) is 32.1. The highest BCUT2D eigenvalue weighted by Gasteiger charge is 2.42. The Labute approximate surface area is 119 Å². The van der Waals surface area contributed by atoms with E-state index in [1.165, 1.54) is 6.92 Å². The van der Waals surface area contributed by atoms with Crippen molar-refractivity contribution < 1.29 is 24.2 Å². The van der Waals surface area contributed by atoms with Gasteiger partial charge in [-0.1, -0.05) is 6.42 Å². The maximum absolute atomic E-state index is 12.4. The molecule has 0 aromatic heterocycles. The van der Waals surface area contributed by atoms with Crippen molar-refractivity contribution in [3.63, 3.8) is 0 Å². The van der Waals surface area contributed by atoms with Crippen molar-refractivity contribution in [3.05, 3.63) is 0 Å². The van der Waals surface area contributed by atoms with Gasteiger partial charge < -0.3 is 19.5 Å². The number of hydrogen-bond donors (Lipinski definition) is 1. The molecule has 4 unspecified atom stereocenters. The molecule has 1 amide bonds. The fourth-order valence-corrected chi connectivity index (χ4v) is 3.29. The molecule has 114 valence electrons. The lowest BCUT2D eigenvalue weighted by Gasteiger charge is -2.41. The van der Waals surface area contributed by atoms with Crippen LogP contribution in [0.4, 0.5) is 0 Å². The Balaban J connectivity index is 2.12. The fraction of sp³-hybridized carbons (Fsp3) is 0.857. The SMILES string of the molecule is COC1CCCC1C1COCCN1C(=O)C(C)C(=O)O. The average molecular weight is 285 g/mol. The molecule has 1 aliphatic carbocycles. The minimum atomic E-state index is -1.07. The van der Waals surface area contributed by atoms with Crippen molar-refractivity contribution in [3.8, 4) is 0 Å². The predicted molar refractivity (Wildman–Crippen MR) is 71.3 cm³/mol. The zero-order valence-electron chi connectivity index (χ0n) is 12.1. The Hall–Kier alpha value is -1.14. The molecule has 6 nitrogen and oxygen atoms in total. The standard InChI is InChI=1S/C14H23NO5/c1-9(14(17)18)13(16)15-6-7-20-8-11(15)10-4-3-5-12(10)19-2/h9-12H,3-8H2,1-2H3,(H,17,18). The van der Waals surface area contributed by atoms with E-state index in [1.54, 1.807) is 12.0 Å². The van der Waals surface area contributed by atoms with Crippen LogP contribution < -0.4 is 0 Å². The second-order valence-electron chi connectivity index (χ2n) is 5.60. The van der Waals surface area contributed by atoms with Gasteiger partial charge in [-0.05, 0) is 19.8 Å². The highest BCUT2D eigenvalue weighted by molar-refractivity contribution is 5.96. The van der Waals surface area contributed by atoms with E-state index in [0.29, 0.717) is 19.8 Å². The maximum Gasteiger partial charge on any atom is 0.315 e. The summed E-state index contributed by atoms with van der Waals surface area (Å²) in [5.74, 6) is -2.15. The monoisotopic (exact) mass is 285 g/mol. The highest BCUT2D eigenvalue weighted by atomic mass is 16.5. The average Bonchev–Trinajstić information content (AvgIpc) is 2.93. The van der Waals surface area contributed by atoms with E-state index in [9.17, 15) is 9.59 Å². The minimum Gasteiger partial charge on any atom is -0.481 e. The molecule has 4 atom stereocenters. The largest absolute Gasteiger partial charge is 0.481 e. The molecular formula is C14H23NO5. The Kier molecular flexibility index (Phi) is 4.99. The Morgan fingerprint density at radius 1 is 1.40 bits per heavy atom. The van der Waals surface area contributed by atoms with Gasteiger partial charge in [0.2, 0.25) is 5.91 Å². The first-order valence-corrected chi connectivity index (χ1v) is 7.20. The zero-order chi connectivity index (χ0) is 14.7. The van der Waals surface area contributed by atoms with Crippen LogP contribution in [0.25, 0.3) is 0 Å². The van der Waals surface area contributed by atoms with Crippen LogP contribution in [0.5, 0.6) is 0 Å². The van der Waals surface area contributed by atoms with Gasteiger partial charge in [0.25, 0.3) is 0 Å². The molecule has 0 spiro atoms. The molecule has 1 N–H and O–H groups in total. The number of ether oxygens (including phenoxy) is 2. The Morgan fingerprint density at radius 3 is 2.80 bits per heavy atom. The van der Waals surface area contributed by atoms with Crippen molar-refractivity contribution in [2.24, 2.45) is 11.8 Å². The topological polar surface area (TPSA) is 76.1 Å². The summed E-state index contributed by atoms with van der Waals surface area (Å²) >= 11 is 0. The van der Waals surface area contributed by atoms with E-state index >= 15 is 0 Å². The molecule has 0 aromatic carbocycles. The molecule has 20 heavy (non-hydrogen) atoms. The van der Waals surface area contributed by atoms with E-state index in [-0.39, 0.29) is 24.0 Å². The molecule has 2 aliphatic rings. The van der Waals surface area contributed by atoms with Crippen LogP contribution in [0.2, 0.25) is 0 Å². The molecule has 0 bridgehead atoms. The van der Waals surface area contributed by atoms with E-state index < -0.39 is 11.9 Å². The number of aliphatic carboxylic acids is 1. The van der Waals surface area contributed by atoms with Gasteiger partial charge in [-0.3, -0.25) is 9.59 Å². The van der Waals surface area contributed by atoms with Crippen molar-refractivity contribution in [1.82, 2.24) is 4.90 Å². The number of rotatable bonds is 4. The zero-order valence-corrected chi connectivity index (χ0v) is 12.1. The van der Waals surface area contributed by atoms with Crippen LogP contribution in [0, 0.1) is 11.8 Å². The van der Waals surface area contributed by atoms with Crippen LogP contribution >= 0.6 is 0 Å². The summed E-state index contributed by atoms with van der Waals surface area (Å²) in [5.41, 5.74) is 0. The van der Waals surface area contributed by atoms with E-state index in [1.807, 2.05) is 0 Å². The number of methoxy groups -OCH3 is 1. The summed E-state index contributed by atoms with van der Waals surface area (Å²) < 4.78 is 11.0. The summed E-state index contributed by atoms with van der Waals surface area (Å²) in [5, 5.41) is 9.03. The summed E-state index contributed by atoms with van der Waals surface area (Å²) in [7, 11) is 1.69. The third kappa shape index (κ3) is 2.96. The molecule has 6 heteroatoms. The lowest BCUT2D eigenvalue weighted by atomic mass is 9.93. The predicted octanol–water partition coefficient (Wildman–Crippen LogP) is 0.750. The summed E-state index contributed by atoms with van der Waals surface area (Å²) in [6.45, 7) is 2.86. The number of nitrogens with zero attached hydrogens (tertiary/aromatic N) is 1. The number of carbonyl (C=O) groups is 2. The summed E-state index contributed by atoms with van der Waals surface area (Å²) in [4.78, 5) is 25.1. The third-order valence-corrected chi connectivity index (χ3v) is 4.49. The second kappa shape index (κ2) is 6.54. The highest BCUT2D eigenvalue weighted by Crippen LogP contribution is 2.34. The van der Waals surface area contributed by atoms with Gasteiger partial charge in [-0.2, -0.15) is 0 Å². The van der Waals surface area contributed by atoms with Crippen LogP contribution in [0.1, 0.15) is 26.2 Å². The Morgan fingerprint density at radius 2 is 2.15 bits per heavy atom. The lowest BCUT2D eigenvalue weighted by Crippen LogP contribution is -2.55. The van der Waals surface area contributed by atoms with Gasteiger partial charge in [0.1, 0.15) is 5.92 Å². The quantitative estimate of drug-likeness (QED) is 0.771. The maximum atomic E-state index is 12.4. The smallest absolute Gasteiger partial charge is 0.315 e. The second-order valence-corrected chi connectivity index (χ2v) is 5.60. The molecule has 1 saturated carbocycles. The van der Waals surface area contributed by atoms with Crippen LogP contribution in [0.15, 0.2) is 0 Å². The first kappa shape index (κ1) is 15.3. The number of carboxylic acid groups (broad SMARTS) is 1. The van der Waals surface area contributed by atoms with Crippen molar-refractivity contribution >= 4 is 11.9 Å². The number of carbonyl (C=O) groups excluding carboxylic acids is 1. The number of hydrogen-bond acceptors (Lipinski definition) is 4. The van der Waals surface area contributed by atoms with Crippen molar-refractivity contribution in [2.45, 2.75) is 38.3 Å². The number of morpholine rings is 1. The van der Waals surface area contributed by atoms with E-state index in [0.717, 1.165) is 19.3 Å². The van der Waals surface area contributed by atoms with Gasteiger partial charge in [0.15, 0.2) is 0 Å². The third-order valence-electron chi connectivity index (χ3n) is 4.49. The molecular weight excluding hydrogens is 262 g/mol. The van der Waals surface area contributed by atoms with Gasteiger partial charge in [-0.15, -0.1) is 0 Å². The molecule has 1 saturated heterocycles. The fourth-order valence-electron chi connectivity index (χ4n) is 3.29. The van der Waals surface area contributed by atoms with Crippen molar-refractivity contribution in [1.29, 1.82) is 0 Å². The summed E-state index contributed by atoms with van der Waals surface area (Å²) in [6.07, 6.45) is 3.21. The molecule has 1 aliphatic heterocycles. The first-order valence-electron chi connectivity index (χ1n) is 7.20. The van der Waals surface area contributed by atoms with Gasteiger partial charge >= 0.3 is 5.97 Å². The van der Waals surface area contributed by atoms with Crippen LogP contribution in [0.3, 0.4) is 0 Å². The van der Waals surface area contributed by atoms with Crippen LogP contribution in [-0.2, 0) is 19.1 Å². The molecule has 2 fully saturated rings. The van der Waals surface area contributed by atoms with Gasteiger partial charge in [0.05, 0.1) is 25.4 Å². The molecule has 1 heterocycles. The number of amides is 1. The van der Waals surface area contributed by atoms with Crippen LogP contribution in [-0.4, -0.2) is 60.9 Å². The van der Waals surface area contributed by atoms with Gasteiger partial charge in [-0.25, -0.2) is 0 Å².